The second-order valence-electron chi connectivity index (χ2n) is 7.69. The molecule has 2 aromatic carbocycles. The summed E-state index contributed by atoms with van der Waals surface area (Å²) in [5.74, 6) is 1.74. The van der Waals surface area contributed by atoms with E-state index in [1.807, 2.05) is 25.2 Å². The van der Waals surface area contributed by atoms with Crippen molar-refractivity contribution in [1.82, 2.24) is 20.5 Å². The molecule has 1 atom stereocenters. The van der Waals surface area contributed by atoms with Crippen molar-refractivity contribution in [2.45, 2.75) is 25.4 Å². The smallest absolute Gasteiger partial charge is 0.191 e. The Morgan fingerprint density at radius 3 is 2.58 bits per heavy atom. The summed E-state index contributed by atoms with van der Waals surface area (Å²) in [5, 5.41) is 8.18. The van der Waals surface area contributed by atoms with E-state index >= 15 is 0 Å². The summed E-state index contributed by atoms with van der Waals surface area (Å²) < 4.78 is 5.65. The quantitative estimate of drug-likeness (QED) is 0.241. The van der Waals surface area contributed by atoms with Gasteiger partial charge in [-0.2, -0.15) is 0 Å². The second kappa shape index (κ2) is 11.4. The fourth-order valence-corrected chi connectivity index (χ4v) is 4.25. The molecule has 4 rings (SSSR count). The number of para-hydroxylation sites is 2. The van der Waals surface area contributed by atoms with Crippen LogP contribution in [0.2, 0.25) is 0 Å². The lowest BCUT2D eigenvalue weighted by Gasteiger charge is -2.30. The van der Waals surface area contributed by atoms with Gasteiger partial charge in [-0.05, 0) is 49.5 Å². The highest BCUT2D eigenvalue weighted by Gasteiger charge is 2.26. The van der Waals surface area contributed by atoms with Crippen LogP contribution in [0.3, 0.4) is 0 Å². The molecule has 1 aromatic heterocycles. The van der Waals surface area contributed by atoms with Gasteiger partial charge >= 0.3 is 0 Å². The third-order valence-electron chi connectivity index (χ3n) is 5.80. The van der Waals surface area contributed by atoms with E-state index in [1.54, 1.807) is 7.11 Å². The maximum absolute atomic E-state index is 5.65. The first-order valence-corrected chi connectivity index (χ1v) is 10.7. The molecule has 3 N–H and O–H groups in total. The number of nitrogens with one attached hydrogen (secondary N) is 3. The molecule has 0 amide bonds. The Kier molecular flexibility index (Phi) is 8.60. The third-order valence-corrected chi connectivity index (χ3v) is 5.80. The highest BCUT2D eigenvalue weighted by molar-refractivity contribution is 14.0. The summed E-state index contributed by atoms with van der Waals surface area (Å²) in [7, 11) is 3.56. The number of aromatic nitrogens is 1. The van der Waals surface area contributed by atoms with Gasteiger partial charge in [0.1, 0.15) is 5.75 Å². The van der Waals surface area contributed by atoms with Crippen LogP contribution in [0.1, 0.15) is 30.1 Å². The summed E-state index contributed by atoms with van der Waals surface area (Å²) in [5.41, 5.74) is 3.52. The second-order valence-corrected chi connectivity index (χ2v) is 7.69. The first kappa shape index (κ1) is 23.4. The van der Waals surface area contributed by atoms with Crippen molar-refractivity contribution in [2.75, 3.05) is 33.8 Å². The summed E-state index contributed by atoms with van der Waals surface area (Å²) in [6.45, 7) is 3.70. The largest absolute Gasteiger partial charge is 0.496 e. The van der Waals surface area contributed by atoms with E-state index in [-0.39, 0.29) is 30.0 Å². The van der Waals surface area contributed by atoms with E-state index in [2.05, 4.69) is 61.9 Å². The molecule has 6 nitrogen and oxygen atoms in total. The van der Waals surface area contributed by atoms with Crippen molar-refractivity contribution in [3.05, 3.63) is 65.9 Å². The molecule has 31 heavy (non-hydrogen) atoms. The molecule has 0 saturated carbocycles. The van der Waals surface area contributed by atoms with Crippen LogP contribution in [0, 0.1) is 0 Å². The van der Waals surface area contributed by atoms with Gasteiger partial charge in [0, 0.05) is 30.4 Å². The van der Waals surface area contributed by atoms with E-state index in [9.17, 15) is 0 Å². The lowest BCUT2D eigenvalue weighted by Crippen LogP contribution is -2.42. The number of hydrogen-bond acceptors (Lipinski definition) is 3. The highest BCUT2D eigenvalue weighted by Crippen LogP contribution is 2.31. The number of benzene rings is 2. The number of guanidine groups is 1. The van der Waals surface area contributed by atoms with Crippen molar-refractivity contribution in [2.24, 2.45) is 4.99 Å². The number of halogens is 1. The Bertz CT molecular complexity index is 963. The predicted octanol–water partition coefficient (Wildman–Crippen LogP) is 4.30. The van der Waals surface area contributed by atoms with Crippen LogP contribution >= 0.6 is 24.0 Å². The number of aliphatic imine (C=N–C) groups is 1. The first-order chi connectivity index (χ1) is 14.8. The Morgan fingerprint density at radius 1 is 1.10 bits per heavy atom. The molecule has 0 aliphatic carbocycles. The maximum Gasteiger partial charge on any atom is 0.191 e. The molecule has 166 valence electrons. The van der Waals surface area contributed by atoms with Gasteiger partial charge in [0.15, 0.2) is 5.96 Å². The van der Waals surface area contributed by atoms with Crippen LogP contribution < -0.4 is 15.4 Å². The van der Waals surface area contributed by atoms with Crippen LogP contribution in [-0.2, 0) is 6.54 Å². The topological polar surface area (TPSA) is 64.7 Å². The number of rotatable bonds is 7. The summed E-state index contributed by atoms with van der Waals surface area (Å²) in [6.07, 6.45) is 2.50. The number of H-pyrrole nitrogens is 1. The zero-order valence-corrected chi connectivity index (χ0v) is 20.6. The fourth-order valence-electron chi connectivity index (χ4n) is 4.25. The monoisotopic (exact) mass is 533 g/mol. The molecular formula is C24H32IN5O. The average Bonchev–Trinajstić information content (AvgIpc) is 3.46. The predicted molar refractivity (Wildman–Crippen MR) is 138 cm³/mol. The van der Waals surface area contributed by atoms with Gasteiger partial charge in [0.05, 0.1) is 19.7 Å². The SMILES string of the molecule is CN=C(NCc1cc2ccccc2[nH]1)NCC(c1ccccc1OC)N1CCCC1.I. The normalized spacial score (nSPS) is 15.5. The van der Waals surface area contributed by atoms with Gasteiger partial charge in [-0.1, -0.05) is 36.4 Å². The van der Waals surface area contributed by atoms with Crippen molar-refractivity contribution in [3.63, 3.8) is 0 Å². The molecule has 1 aliphatic rings. The summed E-state index contributed by atoms with van der Waals surface area (Å²) in [6, 6.07) is 19.1. The van der Waals surface area contributed by atoms with Crippen LogP contribution in [0.25, 0.3) is 10.9 Å². The average molecular weight is 533 g/mol. The van der Waals surface area contributed by atoms with E-state index in [4.69, 9.17) is 4.74 Å². The van der Waals surface area contributed by atoms with Gasteiger partial charge in [-0.3, -0.25) is 9.89 Å². The number of hydrogen-bond donors (Lipinski definition) is 3. The van der Waals surface area contributed by atoms with Crippen LogP contribution in [0.5, 0.6) is 5.75 Å². The first-order valence-electron chi connectivity index (χ1n) is 10.7. The molecule has 1 saturated heterocycles. The Balaban J connectivity index is 0.00000272. The zero-order valence-electron chi connectivity index (χ0n) is 18.2. The van der Waals surface area contributed by atoms with Crippen molar-refractivity contribution in [1.29, 1.82) is 0 Å². The molecule has 2 heterocycles. The van der Waals surface area contributed by atoms with Gasteiger partial charge in [-0.25, -0.2) is 0 Å². The standard InChI is InChI=1S/C24H31N5O.HI/c1-25-24(26-16-19-15-18-9-3-5-11-21(18)28-19)27-17-22(29-13-7-8-14-29)20-10-4-6-12-23(20)30-2;/h3-6,9-12,15,22,28H,7-8,13-14,16-17H2,1-2H3,(H2,25,26,27);1H. The zero-order chi connectivity index (χ0) is 20.8. The molecule has 3 aromatic rings. The van der Waals surface area contributed by atoms with Crippen LogP contribution in [-0.4, -0.2) is 49.6 Å². The van der Waals surface area contributed by atoms with Crippen molar-refractivity contribution in [3.8, 4) is 5.75 Å². The number of methoxy groups -OCH3 is 1. The molecule has 7 heteroatoms. The summed E-state index contributed by atoms with van der Waals surface area (Å²) >= 11 is 0. The van der Waals surface area contributed by atoms with Crippen molar-refractivity contribution >= 4 is 40.8 Å². The maximum atomic E-state index is 5.65. The highest BCUT2D eigenvalue weighted by atomic mass is 127. The molecule has 1 aliphatic heterocycles. The van der Waals surface area contributed by atoms with Gasteiger partial charge < -0.3 is 20.4 Å². The third kappa shape index (κ3) is 5.71. The minimum Gasteiger partial charge on any atom is -0.496 e. The van der Waals surface area contributed by atoms with Crippen LogP contribution in [0.4, 0.5) is 0 Å². The minimum atomic E-state index is 0. The number of likely N-dealkylation sites (tertiary alicyclic amines) is 1. The summed E-state index contributed by atoms with van der Waals surface area (Å²) in [4.78, 5) is 10.4. The molecular weight excluding hydrogens is 501 g/mol. The molecule has 0 bridgehead atoms. The van der Waals surface area contributed by atoms with Gasteiger partial charge in [0.2, 0.25) is 0 Å². The molecule has 0 spiro atoms. The number of fused-ring (bicyclic) bond motifs is 1. The number of ether oxygens (including phenoxy) is 1. The van der Waals surface area contributed by atoms with E-state index < -0.39 is 0 Å². The Labute approximate surface area is 201 Å². The lowest BCUT2D eigenvalue weighted by molar-refractivity contribution is 0.239. The lowest BCUT2D eigenvalue weighted by atomic mass is 10.0. The van der Waals surface area contributed by atoms with E-state index in [1.165, 1.54) is 23.8 Å². The van der Waals surface area contributed by atoms with Gasteiger partial charge in [-0.15, -0.1) is 24.0 Å². The van der Waals surface area contributed by atoms with E-state index in [0.29, 0.717) is 6.54 Å². The Morgan fingerprint density at radius 2 is 1.84 bits per heavy atom. The minimum absolute atomic E-state index is 0. The number of aromatic amines is 1. The van der Waals surface area contributed by atoms with Crippen molar-refractivity contribution < 1.29 is 4.74 Å². The Hall–Kier alpha value is -2.26. The van der Waals surface area contributed by atoms with E-state index in [0.717, 1.165) is 42.6 Å². The molecule has 1 unspecified atom stereocenters. The van der Waals surface area contributed by atoms with Gasteiger partial charge in [0.25, 0.3) is 0 Å². The van der Waals surface area contributed by atoms with Crippen LogP contribution in [0.15, 0.2) is 59.6 Å². The number of nitrogens with zero attached hydrogens (tertiary/aromatic N) is 2. The molecule has 1 fully saturated rings. The molecule has 0 radical (unpaired) electrons. The fraction of sp³-hybridized carbons (Fsp3) is 0.375.